The molecule has 27 heavy (non-hydrogen) atoms. The van der Waals surface area contributed by atoms with Crippen LogP contribution < -0.4 is 20.1 Å². The summed E-state index contributed by atoms with van der Waals surface area (Å²) < 4.78 is 46.9. The molecular formula is C19H21F3N2O3. The maximum Gasteiger partial charge on any atom is 0.573 e. The van der Waals surface area contributed by atoms with Crippen molar-refractivity contribution in [2.24, 2.45) is 0 Å². The van der Waals surface area contributed by atoms with Crippen LogP contribution in [0.5, 0.6) is 11.5 Å². The molecule has 0 aliphatic carbocycles. The van der Waals surface area contributed by atoms with E-state index in [2.05, 4.69) is 15.4 Å². The fourth-order valence-corrected chi connectivity index (χ4v) is 2.44. The summed E-state index contributed by atoms with van der Waals surface area (Å²) in [7, 11) is 0. The Morgan fingerprint density at radius 3 is 2.33 bits per heavy atom. The number of carbonyl (C=O) groups excluding carboxylic acids is 1. The summed E-state index contributed by atoms with van der Waals surface area (Å²) in [6.45, 7) is 5.78. The third-order valence-electron chi connectivity index (χ3n) is 3.62. The quantitative estimate of drug-likeness (QED) is 0.755. The molecule has 2 amide bonds. The third-order valence-corrected chi connectivity index (χ3v) is 3.62. The molecule has 2 aromatic carbocycles. The maximum absolute atomic E-state index is 12.4. The maximum atomic E-state index is 12.4. The molecule has 0 spiro atoms. The first kappa shape index (κ1) is 20.4. The van der Waals surface area contributed by atoms with Crippen molar-refractivity contribution in [3.63, 3.8) is 0 Å². The zero-order valence-corrected chi connectivity index (χ0v) is 15.2. The van der Waals surface area contributed by atoms with Crippen LogP contribution in [0.1, 0.15) is 18.1 Å². The number of halogens is 3. The van der Waals surface area contributed by atoms with Crippen LogP contribution in [0.2, 0.25) is 0 Å². The fourth-order valence-electron chi connectivity index (χ4n) is 2.44. The highest BCUT2D eigenvalue weighted by Gasteiger charge is 2.32. The number of amides is 2. The molecule has 5 nitrogen and oxygen atoms in total. The number of hydrogen-bond donors (Lipinski definition) is 2. The Bertz CT molecular complexity index is 774. The van der Waals surface area contributed by atoms with Crippen molar-refractivity contribution in [2.75, 3.05) is 11.9 Å². The lowest BCUT2D eigenvalue weighted by molar-refractivity contribution is -0.274. The second-order valence-corrected chi connectivity index (χ2v) is 6.08. The van der Waals surface area contributed by atoms with Crippen molar-refractivity contribution in [2.45, 2.75) is 33.2 Å². The first-order valence-corrected chi connectivity index (χ1v) is 8.27. The molecule has 0 aliphatic rings. The van der Waals surface area contributed by atoms with Crippen molar-refractivity contribution >= 4 is 11.7 Å². The van der Waals surface area contributed by atoms with Crippen molar-refractivity contribution in [1.82, 2.24) is 5.32 Å². The number of nitrogens with one attached hydrogen (secondary N) is 2. The van der Waals surface area contributed by atoms with E-state index < -0.39 is 18.1 Å². The van der Waals surface area contributed by atoms with Gasteiger partial charge in [0.2, 0.25) is 0 Å². The van der Waals surface area contributed by atoms with Gasteiger partial charge in [-0.3, -0.25) is 0 Å². The van der Waals surface area contributed by atoms with Crippen LogP contribution in [-0.4, -0.2) is 25.0 Å². The first-order valence-electron chi connectivity index (χ1n) is 8.27. The van der Waals surface area contributed by atoms with Gasteiger partial charge in [-0.25, -0.2) is 4.79 Å². The van der Waals surface area contributed by atoms with Gasteiger partial charge in [0.05, 0.1) is 11.7 Å². The molecule has 1 unspecified atom stereocenters. The van der Waals surface area contributed by atoms with Gasteiger partial charge in [0, 0.05) is 0 Å². The monoisotopic (exact) mass is 382 g/mol. The topological polar surface area (TPSA) is 59.6 Å². The van der Waals surface area contributed by atoms with Crippen LogP contribution in [0.25, 0.3) is 0 Å². The normalized spacial score (nSPS) is 12.2. The molecule has 2 N–H and O–H groups in total. The lowest BCUT2D eigenvalue weighted by Gasteiger charge is -2.18. The summed E-state index contributed by atoms with van der Waals surface area (Å²) in [5.74, 6) is 0.259. The summed E-state index contributed by atoms with van der Waals surface area (Å²) in [5, 5.41) is 4.97. The number of para-hydroxylation sites is 3. The van der Waals surface area contributed by atoms with Crippen molar-refractivity contribution in [3.05, 3.63) is 53.6 Å². The highest BCUT2D eigenvalue weighted by atomic mass is 19.4. The summed E-state index contributed by atoms with van der Waals surface area (Å²) in [6.07, 6.45) is -4.85. The molecular weight excluding hydrogens is 361 g/mol. The number of aryl methyl sites for hydroxylation is 2. The number of carbonyl (C=O) groups is 1. The van der Waals surface area contributed by atoms with Gasteiger partial charge < -0.3 is 20.1 Å². The predicted molar refractivity (Wildman–Crippen MR) is 96.2 cm³/mol. The van der Waals surface area contributed by atoms with Crippen LogP contribution in [0.4, 0.5) is 23.7 Å². The smallest absolute Gasteiger partial charge is 0.491 e. The second kappa shape index (κ2) is 8.66. The van der Waals surface area contributed by atoms with E-state index in [1.807, 2.05) is 32.0 Å². The highest BCUT2D eigenvalue weighted by molar-refractivity contribution is 5.91. The Morgan fingerprint density at radius 1 is 1.07 bits per heavy atom. The molecule has 0 saturated heterocycles. The largest absolute Gasteiger partial charge is 0.573 e. The Balaban J connectivity index is 1.92. The van der Waals surface area contributed by atoms with Crippen LogP contribution in [0.3, 0.4) is 0 Å². The number of anilines is 1. The average Bonchev–Trinajstić information content (AvgIpc) is 2.55. The zero-order valence-electron chi connectivity index (χ0n) is 15.2. The fraction of sp³-hybridized carbons (Fsp3) is 0.316. The Labute approximate surface area is 155 Å². The number of benzene rings is 2. The molecule has 0 saturated carbocycles. The van der Waals surface area contributed by atoms with Crippen LogP contribution in [-0.2, 0) is 0 Å². The molecule has 2 rings (SSSR count). The predicted octanol–water partition coefficient (Wildman–Crippen LogP) is 4.79. The van der Waals surface area contributed by atoms with E-state index in [1.165, 1.54) is 18.2 Å². The van der Waals surface area contributed by atoms with E-state index in [1.54, 1.807) is 6.92 Å². The Morgan fingerprint density at radius 2 is 1.70 bits per heavy atom. The standard InChI is InChI=1S/C19H21F3N2O3/c1-12-7-6-8-13(2)17(12)26-11-14(3)23-18(25)24-15-9-4-5-10-16(15)27-19(20,21)22/h4-10,14H,11H2,1-3H3,(H2,23,24,25). The number of rotatable bonds is 6. The van der Waals surface area contributed by atoms with E-state index in [9.17, 15) is 18.0 Å². The number of urea groups is 1. The molecule has 0 aromatic heterocycles. The minimum atomic E-state index is -4.85. The first-order chi connectivity index (χ1) is 12.7. The lowest BCUT2D eigenvalue weighted by atomic mass is 10.1. The van der Waals surface area contributed by atoms with Gasteiger partial charge in [-0.2, -0.15) is 0 Å². The van der Waals surface area contributed by atoms with Gasteiger partial charge >= 0.3 is 12.4 Å². The van der Waals surface area contributed by atoms with Gasteiger partial charge in [0.1, 0.15) is 12.4 Å². The molecule has 0 aliphatic heterocycles. The van der Waals surface area contributed by atoms with Gasteiger partial charge in [-0.15, -0.1) is 13.2 Å². The summed E-state index contributed by atoms with van der Waals surface area (Å²) in [4.78, 5) is 12.1. The van der Waals surface area contributed by atoms with Crippen LogP contribution in [0.15, 0.2) is 42.5 Å². The summed E-state index contributed by atoms with van der Waals surface area (Å²) in [6, 6.07) is 10.0. The molecule has 0 heterocycles. The number of alkyl halides is 3. The molecule has 2 aromatic rings. The van der Waals surface area contributed by atoms with E-state index in [0.29, 0.717) is 0 Å². The summed E-state index contributed by atoms with van der Waals surface area (Å²) >= 11 is 0. The molecule has 0 bridgehead atoms. The van der Waals surface area contributed by atoms with Crippen molar-refractivity contribution in [3.8, 4) is 11.5 Å². The molecule has 0 radical (unpaired) electrons. The minimum Gasteiger partial charge on any atom is -0.491 e. The average molecular weight is 382 g/mol. The lowest BCUT2D eigenvalue weighted by Crippen LogP contribution is -2.39. The van der Waals surface area contributed by atoms with Gasteiger partial charge in [-0.05, 0) is 44.0 Å². The molecule has 8 heteroatoms. The van der Waals surface area contributed by atoms with Gasteiger partial charge in [-0.1, -0.05) is 30.3 Å². The number of hydrogen-bond acceptors (Lipinski definition) is 3. The van der Waals surface area contributed by atoms with Gasteiger partial charge in [0.25, 0.3) is 0 Å². The molecule has 1 atom stereocenters. The minimum absolute atomic E-state index is 0.0878. The Hall–Kier alpha value is -2.90. The van der Waals surface area contributed by atoms with E-state index in [0.717, 1.165) is 22.9 Å². The highest BCUT2D eigenvalue weighted by Crippen LogP contribution is 2.29. The van der Waals surface area contributed by atoms with Gasteiger partial charge in [0.15, 0.2) is 5.75 Å². The summed E-state index contributed by atoms with van der Waals surface area (Å²) in [5.41, 5.74) is 1.87. The van der Waals surface area contributed by atoms with Crippen LogP contribution in [0, 0.1) is 13.8 Å². The molecule has 146 valence electrons. The van der Waals surface area contributed by atoms with Crippen LogP contribution >= 0.6 is 0 Å². The van der Waals surface area contributed by atoms with E-state index in [-0.39, 0.29) is 18.3 Å². The second-order valence-electron chi connectivity index (χ2n) is 6.08. The van der Waals surface area contributed by atoms with E-state index >= 15 is 0 Å². The van der Waals surface area contributed by atoms with Crippen molar-refractivity contribution < 1.29 is 27.4 Å². The van der Waals surface area contributed by atoms with Crippen molar-refractivity contribution in [1.29, 1.82) is 0 Å². The molecule has 0 fully saturated rings. The van der Waals surface area contributed by atoms with E-state index in [4.69, 9.17) is 4.74 Å². The SMILES string of the molecule is Cc1cccc(C)c1OCC(C)NC(=O)Nc1ccccc1OC(F)(F)F. The Kier molecular flexibility index (Phi) is 6.55. The third kappa shape index (κ3) is 6.40. The number of ether oxygens (including phenoxy) is 2. The zero-order chi connectivity index (χ0) is 20.0.